The van der Waals surface area contributed by atoms with Gasteiger partial charge in [-0.1, -0.05) is 18.2 Å². The Morgan fingerprint density at radius 2 is 1.95 bits per heavy atom. The molecule has 0 saturated heterocycles. The van der Waals surface area contributed by atoms with Crippen LogP contribution < -0.4 is 5.32 Å². The lowest BCUT2D eigenvalue weighted by Gasteiger charge is -2.06. The van der Waals surface area contributed by atoms with Crippen LogP contribution in [0.15, 0.2) is 48.5 Å². The predicted molar refractivity (Wildman–Crippen MR) is 78.1 cm³/mol. The number of carbonyl (C=O) groups is 2. The zero-order valence-corrected chi connectivity index (χ0v) is 10.9. The topological polar surface area (TPSA) is 84.2 Å². The van der Waals surface area contributed by atoms with Crippen molar-refractivity contribution in [3.63, 3.8) is 0 Å². The SMILES string of the molecule is O=Cc1ccc2nn(-c3ccccc3)c(NC(=O)O)c2c1. The standard InChI is InChI=1S/C15H11N3O3/c19-9-10-6-7-13-12(8-10)14(16-15(20)21)18(17-13)11-4-2-1-3-5-11/h1-9,16H,(H,20,21). The van der Waals surface area contributed by atoms with Crippen molar-refractivity contribution >= 4 is 29.1 Å². The number of para-hydroxylation sites is 1. The average molecular weight is 281 g/mol. The number of aromatic nitrogens is 2. The van der Waals surface area contributed by atoms with Gasteiger partial charge in [0.25, 0.3) is 0 Å². The van der Waals surface area contributed by atoms with Gasteiger partial charge in [-0.3, -0.25) is 10.1 Å². The molecule has 1 aromatic heterocycles. The number of benzene rings is 2. The van der Waals surface area contributed by atoms with Crippen LogP contribution in [0.5, 0.6) is 0 Å². The summed E-state index contributed by atoms with van der Waals surface area (Å²) in [7, 11) is 0. The first-order valence-electron chi connectivity index (χ1n) is 6.22. The van der Waals surface area contributed by atoms with Crippen LogP contribution >= 0.6 is 0 Å². The summed E-state index contributed by atoms with van der Waals surface area (Å²) in [6, 6.07) is 14.1. The van der Waals surface area contributed by atoms with Crippen LogP contribution in [0.4, 0.5) is 10.6 Å². The molecule has 0 saturated carbocycles. The molecule has 0 spiro atoms. The van der Waals surface area contributed by atoms with Gasteiger partial charge in [0.15, 0.2) is 0 Å². The number of anilines is 1. The molecule has 3 aromatic rings. The lowest BCUT2D eigenvalue weighted by molar-refractivity contribution is 0.112. The van der Waals surface area contributed by atoms with E-state index in [0.717, 1.165) is 5.69 Å². The maximum absolute atomic E-state index is 11.0. The largest absolute Gasteiger partial charge is 0.465 e. The fourth-order valence-electron chi connectivity index (χ4n) is 2.15. The third kappa shape index (κ3) is 2.34. The van der Waals surface area contributed by atoms with Crippen molar-refractivity contribution in [2.75, 3.05) is 5.32 Å². The van der Waals surface area contributed by atoms with Gasteiger partial charge in [0.2, 0.25) is 0 Å². The molecule has 0 atom stereocenters. The molecule has 6 nitrogen and oxygen atoms in total. The first-order valence-corrected chi connectivity index (χ1v) is 6.22. The molecule has 2 N–H and O–H groups in total. The Morgan fingerprint density at radius 1 is 1.19 bits per heavy atom. The van der Waals surface area contributed by atoms with E-state index in [9.17, 15) is 9.59 Å². The second kappa shape index (κ2) is 5.09. The summed E-state index contributed by atoms with van der Waals surface area (Å²) in [6.45, 7) is 0. The van der Waals surface area contributed by atoms with Crippen molar-refractivity contribution in [1.29, 1.82) is 0 Å². The maximum atomic E-state index is 11.0. The van der Waals surface area contributed by atoms with Crippen LogP contribution in [0.1, 0.15) is 10.4 Å². The van der Waals surface area contributed by atoms with E-state index >= 15 is 0 Å². The Kier molecular flexibility index (Phi) is 3.12. The van der Waals surface area contributed by atoms with Gasteiger partial charge in [-0.2, -0.15) is 5.10 Å². The Labute approximate surface area is 119 Å². The number of hydrogen-bond donors (Lipinski definition) is 2. The highest BCUT2D eigenvalue weighted by Crippen LogP contribution is 2.27. The minimum absolute atomic E-state index is 0.312. The van der Waals surface area contributed by atoms with Gasteiger partial charge in [0.1, 0.15) is 12.1 Å². The number of fused-ring (bicyclic) bond motifs is 1. The highest BCUT2D eigenvalue weighted by molar-refractivity contribution is 5.99. The van der Waals surface area contributed by atoms with Gasteiger partial charge < -0.3 is 5.11 Å². The molecule has 1 heterocycles. The minimum Gasteiger partial charge on any atom is -0.465 e. The monoisotopic (exact) mass is 281 g/mol. The third-order valence-corrected chi connectivity index (χ3v) is 3.06. The summed E-state index contributed by atoms with van der Waals surface area (Å²) in [5.74, 6) is 0.312. The fraction of sp³-hybridized carbons (Fsp3) is 0. The van der Waals surface area contributed by atoms with Crippen LogP contribution in [-0.2, 0) is 0 Å². The molecule has 0 aliphatic carbocycles. The van der Waals surface area contributed by atoms with E-state index in [2.05, 4.69) is 10.4 Å². The molecular formula is C15H11N3O3. The Bertz CT molecular complexity index is 825. The van der Waals surface area contributed by atoms with E-state index in [1.54, 1.807) is 18.2 Å². The minimum atomic E-state index is -1.19. The van der Waals surface area contributed by atoms with Gasteiger partial charge in [0.05, 0.1) is 11.2 Å². The Balaban J connectivity index is 2.28. The Morgan fingerprint density at radius 3 is 2.62 bits per heavy atom. The second-order valence-corrected chi connectivity index (χ2v) is 4.42. The van der Waals surface area contributed by atoms with Gasteiger partial charge in [-0.25, -0.2) is 9.48 Å². The zero-order valence-electron chi connectivity index (χ0n) is 10.9. The third-order valence-electron chi connectivity index (χ3n) is 3.06. The number of aldehydes is 1. The normalized spacial score (nSPS) is 10.5. The van der Waals surface area contributed by atoms with Crippen LogP contribution in [0.2, 0.25) is 0 Å². The lowest BCUT2D eigenvalue weighted by Crippen LogP contribution is -2.12. The molecule has 0 fully saturated rings. The first-order chi connectivity index (χ1) is 10.2. The van der Waals surface area contributed by atoms with Crippen molar-refractivity contribution in [3.05, 3.63) is 54.1 Å². The number of nitrogens with zero attached hydrogens (tertiary/aromatic N) is 2. The second-order valence-electron chi connectivity index (χ2n) is 4.42. The summed E-state index contributed by atoms with van der Waals surface area (Å²) < 4.78 is 1.51. The number of carbonyl (C=O) groups excluding carboxylic acids is 1. The smallest absolute Gasteiger partial charge is 0.410 e. The summed E-state index contributed by atoms with van der Waals surface area (Å²) in [5, 5.41) is 16.3. The van der Waals surface area contributed by atoms with E-state index in [4.69, 9.17) is 5.11 Å². The molecule has 3 rings (SSSR count). The number of carboxylic acid groups (broad SMARTS) is 1. The molecule has 0 aliphatic heterocycles. The van der Waals surface area contributed by atoms with Crippen molar-refractivity contribution in [2.45, 2.75) is 0 Å². The molecular weight excluding hydrogens is 270 g/mol. The molecule has 21 heavy (non-hydrogen) atoms. The van der Waals surface area contributed by atoms with Gasteiger partial charge in [-0.15, -0.1) is 0 Å². The van der Waals surface area contributed by atoms with Crippen molar-refractivity contribution < 1.29 is 14.7 Å². The van der Waals surface area contributed by atoms with E-state index in [1.807, 2.05) is 30.3 Å². The van der Waals surface area contributed by atoms with E-state index in [0.29, 0.717) is 28.6 Å². The average Bonchev–Trinajstić information content (AvgIpc) is 2.85. The lowest BCUT2D eigenvalue weighted by atomic mass is 10.1. The highest BCUT2D eigenvalue weighted by atomic mass is 16.4. The fourth-order valence-corrected chi connectivity index (χ4v) is 2.15. The van der Waals surface area contributed by atoms with Crippen LogP contribution in [0.25, 0.3) is 16.6 Å². The van der Waals surface area contributed by atoms with Gasteiger partial charge in [-0.05, 0) is 30.3 Å². The number of nitrogens with one attached hydrogen (secondary N) is 1. The summed E-state index contributed by atoms with van der Waals surface area (Å²) in [6.07, 6.45) is -0.477. The molecule has 6 heteroatoms. The molecule has 0 bridgehead atoms. The summed E-state index contributed by atoms with van der Waals surface area (Å²) >= 11 is 0. The van der Waals surface area contributed by atoms with Gasteiger partial charge in [0, 0.05) is 10.9 Å². The molecule has 1 amide bonds. The quantitative estimate of drug-likeness (QED) is 0.723. The Hall–Kier alpha value is -3.15. The van der Waals surface area contributed by atoms with E-state index in [-0.39, 0.29) is 0 Å². The van der Waals surface area contributed by atoms with Crippen LogP contribution in [0, 0.1) is 0 Å². The van der Waals surface area contributed by atoms with Crippen LogP contribution in [-0.4, -0.2) is 27.3 Å². The van der Waals surface area contributed by atoms with Crippen molar-refractivity contribution in [2.24, 2.45) is 0 Å². The number of hydrogen-bond acceptors (Lipinski definition) is 3. The molecule has 0 aliphatic rings. The molecule has 0 unspecified atom stereocenters. The summed E-state index contributed by atoms with van der Waals surface area (Å²) in [5.41, 5.74) is 1.79. The van der Waals surface area contributed by atoms with Gasteiger partial charge >= 0.3 is 6.09 Å². The molecule has 2 aromatic carbocycles. The zero-order chi connectivity index (χ0) is 14.8. The molecule has 0 radical (unpaired) electrons. The number of amides is 1. The number of rotatable bonds is 3. The van der Waals surface area contributed by atoms with Crippen molar-refractivity contribution in [1.82, 2.24) is 9.78 Å². The summed E-state index contributed by atoms with van der Waals surface area (Å²) in [4.78, 5) is 21.9. The highest BCUT2D eigenvalue weighted by Gasteiger charge is 2.15. The van der Waals surface area contributed by atoms with E-state index < -0.39 is 6.09 Å². The van der Waals surface area contributed by atoms with Crippen molar-refractivity contribution in [3.8, 4) is 5.69 Å². The maximum Gasteiger partial charge on any atom is 0.410 e. The van der Waals surface area contributed by atoms with E-state index in [1.165, 1.54) is 4.68 Å². The first kappa shape index (κ1) is 12.9. The predicted octanol–water partition coefficient (Wildman–Crippen LogP) is 2.93. The van der Waals surface area contributed by atoms with Crippen LogP contribution in [0.3, 0.4) is 0 Å². The molecule has 104 valence electrons.